The molecule has 0 fully saturated rings. The molecule has 3 N–H and O–H groups in total. The molecule has 2 aromatic carbocycles. The van der Waals surface area contributed by atoms with Crippen LogP contribution in [0.4, 0.5) is 0 Å². The van der Waals surface area contributed by atoms with Crippen molar-refractivity contribution in [2.45, 2.75) is 13.0 Å². The first-order valence-electron chi connectivity index (χ1n) is 10.3. The predicted octanol–water partition coefficient (Wildman–Crippen LogP) is 3.24. The number of benzene rings is 2. The number of rotatable bonds is 9. The van der Waals surface area contributed by atoms with Crippen molar-refractivity contribution in [2.24, 2.45) is 4.99 Å². The molecule has 8 nitrogen and oxygen atoms in total. The number of ether oxygens (including phenoxy) is 1. The quantitative estimate of drug-likeness (QED) is 0.232. The molecule has 0 aliphatic carbocycles. The van der Waals surface area contributed by atoms with Gasteiger partial charge in [-0.2, -0.15) is 13.5 Å². The molecule has 0 saturated carbocycles. The number of aromatic amines is 1. The molecule has 0 aliphatic rings. The summed E-state index contributed by atoms with van der Waals surface area (Å²) in [5.74, 6) is 0.307. The molecule has 10 heteroatoms. The minimum Gasteiger partial charge on any atom is -0.497 e. The molecular formula is C25H27N4O4PS. The Balaban J connectivity index is 0.00000432. The molecule has 35 heavy (non-hydrogen) atoms. The summed E-state index contributed by atoms with van der Waals surface area (Å²) in [6.07, 6.45) is 6.42. The van der Waals surface area contributed by atoms with Crippen LogP contribution in [-0.2, 0) is 0 Å². The number of aliphatic imine (C=N–C) groups is 1. The van der Waals surface area contributed by atoms with Crippen LogP contribution in [0.15, 0.2) is 82.7 Å². The first-order valence-corrected chi connectivity index (χ1v) is 11.3. The van der Waals surface area contributed by atoms with Gasteiger partial charge in [0.25, 0.3) is 11.5 Å². The van der Waals surface area contributed by atoms with Gasteiger partial charge in [-0.05, 0) is 48.3 Å². The molecule has 0 radical (unpaired) electrons. The van der Waals surface area contributed by atoms with Gasteiger partial charge in [0.05, 0.1) is 13.2 Å². The summed E-state index contributed by atoms with van der Waals surface area (Å²) in [6, 6.07) is 14.0. The minimum absolute atomic E-state index is 0. The second-order valence-electron chi connectivity index (χ2n) is 7.12. The van der Waals surface area contributed by atoms with Crippen LogP contribution < -0.4 is 20.9 Å². The highest BCUT2D eigenvalue weighted by Crippen LogP contribution is 2.25. The zero-order valence-corrected chi connectivity index (χ0v) is 21.3. The second kappa shape index (κ2) is 13.4. The van der Waals surface area contributed by atoms with E-state index in [1.165, 1.54) is 6.20 Å². The Morgan fingerprint density at radius 2 is 1.83 bits per heavy atom. The number of carbonyl (C=O) groups is 1. The monoisotopic (exact) mass is 510 g/mol. The van der Waals surface area contributed by atoms with E-state index in [2.05, 4.69) is 27.0 Å². The number of amides is 1. The lowest BCUT2D eigenvalue weighted by Crippen LogP contribution is -2.34. The van der Waals surface area contributed by atoms with Crippen molar-refractivity contribution < 1.29 is 14.4 Å². The molecule has 1 heterocycles. The number of nitrogens with zero attached hydrogens (tertiary/aromatic N) is 2. The maximum atomic E-state index is 13.1. The zero-order valence-electron chi connectivity index (χ0n) is 19.3. The molecule has 182 valence electrons. The summed E-state index contributed by atoms with van der Waals surface area (Å²) in [5.41, 5.74) is 1.23. The van der Waals surface area contributed by atoms with Crippen LogP contribution in [0.5, 0.6) is 5.75 Å². The summed E-state index contributed by atoms with van der Waals surface area (Å²) in [7, 11) is 1.25. The van der Waals surface area contributed by atoms with Gasteiger partial charge < -0.3 is 19.9 Å². The van der Waals surface area contributed by atoms with Crippen molar-refractivity contribution >= 4 is 45.9 Å². The molecular weight excluding hydrogens is 483 g/mol. The third kappa shape index (κ3) is 6.99. The van der Waals surface area contributed by atoms with Crippen LogP contribution in [-0.4, -0.2) is 34.6 Å². The Morgan fingerprint density at radius 1 is 1.20 bits per heavy atom. The lowest BCUT2D eigenvalue weighted by molar-refractivity contribution is 0.0941. The van der Waals surface area contributed by atoms with E-state index >= 15 is 0 Å². The fraction of sp³-hybridized carbons (Fsp3) is 0.120. The highest BCUT2D eigenvalue weighted by atomic mass is 32.1. The van der Waals surface area contributed by atoms with E-state index < -0.39 is 17.5 Å². The fourth-order valence-corrected chi connectivity index (χ4v) is 3.51. The SMILES string of the molecule is C=N/C(=C\C=C/C)c1ncc(C(=O)NC(c2ccc(OC)cc2)c2ccc(PO)cc2)c(=O)[nH]1.S. The minimum atomic E-state index is -0.595. The van der Waals surface area contributed by atoms with Gasteiger partial charge in [0.1, 0.15) is 17.0 Å². The maximum absolute atomic E-state index is 13.1. The third-order valence-electron chi connectivity index (χ3n) is 5.00. The van der Waals surface area contributed by atoms with Crippen molar-refractivity contribution in [3.05, 3.63) is 106 Å². The number of hydrogen-bond donors (Lipinski definition) is 3. The van der Waals surface area contributed by atoms with Gasteiger partial charge in [-0.3, -0.25) is 14.6 Å². The second-order valence-corrected chi connectivity index (χ2v) is 7.92. The summed E-state index contributed by atoms with van der Waals surface area (Å²) in [6.45, 7) is 5.34. The molecule has 0 saturated heterocycles. The summed E-state index contributed by atoms with van der Waals surface area (Å²) in [4.78, 5) is 45.8. The highest BCUT2D eigenvalue weighted by Gasteiger charge is 2.21. The van der Waals surface area contributed by atoms with E-state index in [0.717, 1.165) is 16.4 Å². The van der Waals surface area contributed by atoms with Crippen LogP contribution in [0.25, 0.3) is 5.70 Å². The topological polar surface area (TPSA) is 117 Å². The molecule has 3 rings (SSSR count). The molecule has 0 bridgehead atoms. The van der Waals surface area contributed by atoms with E-state index in [-0.39, 0.29) is 33.7 Å². The van der Waals surface area contributed by atoms with Gasteiger partial charge in [-0.25, -0.2) is 4.98 Å². The Bertz CT molecular complexity index is 1220. The normalized spacial score (nSPS) is 12.4. The third-order valence-corrected chi connectivity index (χ3v) is 5.59. The van der Waals surface area contributed by atoms with Gasteiger partial charge in [0.15, 0.2) is 5.82 Å². The number of hydrogen-bond acceptors (Lipinski definition) is 6. The van der Waals surface area contributed by atoms with E-state index in [9.17, 15) is 14.5 Å². The molecule has 1 aromatic heterocycles. The molecule has 2 unspecified atom stereocenters. The maximum Gasteiger partial charge on any atom is 0.264 e. The largest absolute Gasteiger partial charge is 0.497 e. The summed E-state index contributed by atoms with van der Waals surface area (Å²) in [5, 5.41) is 3.69. The molecule has 2 atom stereocenters. The van der Waals surface area contributed by atoms with Crippen molar-refractivity contribution in [2.75, 3.05) is 7.11 Å². The lowest BCUT2D eigenvalue weighted by atomic mass is 9.98. The fourth-order valence-electron chi connectivity index (χ4n) is 3.20. The Morgan fingerprint density at radius 3 is 2.34 bits per heavy atom. The van der Waals surface area contributed by atoms with Gasteiger partial charge in [-0.1, -0.05) is 48.6 Å². The average molecular weight is 511 g/mol. The van der Waals surface area contributed by atoms with Crippen LogP contribution in [0, 0.1) is 0 Å². The van der Waals surface area contributed by atoms with Crippen LogP contribution in [0.1, 0.15) is 40.3 Å². The van der Waals surface area contributed by atoms with Crippen LogP contribution >= 0.6 is 22.3 Å². The number of carbonyl (C=O) groups excluding carboxylic acids is 1. The van der Waals surface area contributed by atoms with Crippen molar-refractivity contribution in [1.82, 2.24) is 15.3 Å². The first-order chi connectivity index (χ1) is 16.5. The summed E-state index contributed by atoms with van der Waals surface area (Å²) < 4.78 is 5.23. The molecule has 0 spiro atoms. The van der Waals surface area contributed by atoms with E-state index in [1.54, 1.807) is 49.6 Å². The van der Waals surface area contributed by atoms with Gasteiger partial charge in [-0.15, -0.1) is 0 Å². The van der Waals surface area contributed by atoms with Gasteiger partial charge >= 0.3 is 0 Å². The van der Waals surface area contributed by atoms with Crippen molar-refractivity contribution in [3.63, 3.8) is 0 Å². The number of allylic oxidation sites excluding steroid dienone is 3. The Hall–Kier alpha value is -3.52. The lowest BCUT2D eigenvalue weighted by Gasteiger charge is -2.20. The molecule has 1 amide bonds. The van der Waals surface area contributed by atoms with E-state index in [0.29, 0.717) is 11.4 Å². The van der Waals surface area contributed by atoms with E-state index in [4.69, 9.17) is 4.74 Å². The van der Waals surface area contributed by atoms with Crippen molar-refractivity contribution in [1.29, 1.82) is 0 Å². The van der Waals surface area contributed by atoms with E-state index in [1.807, 2.05) is 31.2 Å². The average Bonchev–Trinajstić information content (AvgIpc) is 2.88. The number of H-pyrrole nitrogens is 1. The van der Waals surface area contributed by atoms with Crippen molar-refractivity contribution in [3.8, 4) is 5.75 Å². The van der Waals surface area contributed by atoms with Gasteiger partial charge in [0.2, 0.25) is 0 Å². The Labute approximate surface area is 212 Å². The first kappa shape index (κ1) is 27.7. The molecule has 0 aliphatic heterocycles. The van der Waals surface area contributed by atoms with Crippen LogP contribution in [0.3, 0.4) is 0 Å². The van der Waals surface area contributed by atoms with Gasteiger partial charge in [0, 0.05) is 15.0 Å². The smallest absolute Gasteiger partial charge is 0.264 e. The standard InChI is InChI=1S/C25H25N4O4P.H2S/c1-4-5-6-21(26-2)23-27-15-20(25(31)29-23)24(30)28-22(16-7-11-18(33-3)12-8-16)17-9-13-19(34-32)14-10-17;/h4-15,22,32,34H,2H2,1,3H3,(H,28,30)(H,27,29,31);1H2/b5-4-,21-6-;. The number of methoxy groups -OCH3 is 1. The summed E-state index contributed by atoms with van der Waals surface area (Å²) >= 11 is 0. The highest BCUT2D eigenvalue weighted by molar-refractivity contribution is 7.59. The van der Waals surface area contributed by atoms with Crippen LogP contribution in [0.2, 0.25) is 0 Å². The Kier molecular flexibility index (Phi) is 10.6. The zero-order chi connectivity index (χ0) is 24.5. The predicted molar refractivity (Wildman–Crippen MR) is 146 cm³/mol. The molecule has 3 aromatic rings. The number of aromatic nitrogens is 2. The number of nitrogens with one attached hydrogen (secondary N) is 2.